The predicted octanol–water partition coefficient (Wildman–Crippen LogP) is 4.52. The van der Waals surface area contributed by atoms with E-state index in [0.29, 0.717) is 24.6 Å². The van der Waals surface area contributed by atoms with Gasteiger partial charge in [-0.2, -0.15) is 0 Å². The second-order valence-electron chi connectivity index (χ2n) is 8.23. The fourth-order valence-electron chi connectivity index (χ4n) is 3.67. The second kappa shape index (κ2) is 9.73. The number of ether oxygens (including phenoxy) is 1. The first-order valence-electron chi connectivity index (χ1n) is 10.8. The number of amides is 2. The van der Waals surface area contributed by atoms with Gasteiger partial charge in [0.25, 0.3) is 0 Å². The van der Waals surface area contributed by atoms with E-state index in [-0.39, 0.29) is 24.1 Å². The fraction of sp³-hybridized carbons (Fsp3) is 0.231. The summed E-state index contributed by atoms with van der Waals surface area (Å²) in [6.45, 7) is 4.67. The Balaban J connectivity index is 1.31. The van der Waals surface area contributed by atoms with E-state index in [2.05, 4.69) is 10.9 Å². The zero-order valence-corrected chi connectivity index (χ0v) is 18.6. The first-order valence-corrected chi connectivity index (χ1v) is 10.8. The van der Waals surface area contributed by atoms with Crippen LogP contribution in [-0.4, -0.2) is 18.4 Å². The minimum Gasteiger partial charge on any atom is -0.489 e. The number of rotatable bonds is 7. The Morgan fingerprint density at radius 3 is 2.61 bits per heavy atom. The molecule has 6 nitrogen and oxygen atoms in total. The van der Waals surface area contributed by atoms with Gasteiger partial charge in [0.1, 0.15) is 18.2 Å². The van der Waals surface area contributed by atoms with E-state index in [4.69, 9.17) is 4.74 Å². The molecular formula is C26H26FN3O3. The zero-order chi connectivity index (χ0) is 23.4. The highest BCUT2D eigenvalue weighted by Crippen LogP contribution is 2.27. The van der Waals surface area contributed by atoms with Crippen LogP contribution in [0.3, 0.4) is 0 Å². The van der Waals surface area contributed by atoms with E-state index in [1.165, 1.54) is 12.1 Å². The number of halogens is 1. The van der Waals surface area contributed by atoms with Gasteiger partial charge in [0.15, 0.2) is 0 Å². The van der Waals surface area contributed by atoms with Crippen LogP contribution in [0, 0.1) is 25.6 Å². The smallest absolute Gasteiger partial charge is 0.243 e. The van der Waals surface area contributed by atoms with Gasteiger partial charge >= 0.3 is 0 Å². The van der Waals surface area contributed by atoms with Gasteiger partial charge in [0.05, 0.1) is 11.6 Å². The summed E-state index contributed by atoms with van der Waals surface area (Å²) in [5.74, 6) is -0.427. The Morgan fingerprint density at radius 2 is 1.85 bits per heavy atom. The van der Waals surface area contributed by atoms with Crippen LogP contribution < -0.4 is 20.5 Å². The monoisotopic (exact) mass is 447 g/mol. The zero-order valence-electron chi connectivity index (χ0n) is 18.6. The van der Waals surface area contributed by atoms with E-state index in [1.54, 1.807) is 41.3 Å². The third kappa shape index (κ3) is 5.49. The molecule has 2 amide bonds. The summed E-state index contributed by atoms with van der Waals surface area (Å²) in [5.41, 5.74) is 10.2. The number of hydrazine groups is 1. The van der Waals surface area contributed by atoms with Gasteiger partial charge in [0, 0.05) is 24.7 Å². The van der Waals surface area contributed by atoms with Crippen LogP contribution in [0.4, 0.5) is 15.8 Å². The first kappa shape index (κ1) is 22.3. The van der Waals surface area contributed by atoms with Crippen molar-refractivity contribution < 1.29 is 18.7 Å². The molecule has 1 atom stereocenters. The maximum Gasteiger partial charge on any atom is 0.243 e. The largest absolute Gasteiger partial charge is 0.489 e. The van der Waals surface area contributed by atoms with Crippen molar-refractivity contribution in [1.82, 2.24) is 5.43 Å². The molecule has 0 spiro atoms. The molecule has 1 fully saturated rings. The quantitative estimate of drug-likeness (QED) is 0.523. The van der Waals surface area contributed by atoms with Gasteiger partial charge in [-0.1, -0.05) is 24.3 Å². The van der Waals surface area contributed by atoms with Crippen LogP contribution in [0.2, 0.25) is 0 Å². The normalized spacial score (nSPS) is 15.4. The SMILES string of the molecule is Cc1ccc(N2C[C@H](C(=O)NNc3cccc(OCc4ccc(F)cc4)c3)CC2=O)cc1C. The number of nitrogens with one attached hydrogen (secondary N) is 2. The van der Waals surface area contributed by atoms with E-state index in [9.17, 15) is 14.0 Å². The standard InChI is InChI=1S/C26H26FN3O3/c1-17-6-11-23(12-18(17)2)30-15-20(13-25(30)31)26(32)29-28-22-4-3-5-24(14-22)33-16-19-7-9-21(27)10-8-19/h3-12,14,20,28H,13,15-16H2,1-2H3,(H,29,32)/t20-/m1/s1. The van der Waals surface area contributed by atoms with Crippen molar-refractivity contribution in [3.63, 3.8) is 0 Å². The average molecular weight is 448 g/mol. The Labute approximate surface area is 192 Å². The summed E-state index contributed by atoms with van der Waals surface area (Å²) in [6.07, 6.45) is 0.168. The molecule has 1 aliphatic heterocycles. The van der Waals surface area contributed by atoms with Crippen LogP contribution in [0.5, 0.6) is 5.75 Å². The lowest BCUT2D eigenvalue weighted by atomic mass is 10.1. The predicted molar refractivity (Wildman–Crippen MR) is 125 cm³/mol. The summed E-state index contributed by atoms with van der Waals surface area (Å²) in [6, 6.07) is 19.1. The van der Waals surface area contributed by atoms with Crippen LogP contribution >= 0.6 is 0 Å². The third-order valence-electron chi connectivity index (χ3n) is 5.78. The van der Waals surface area contributed by atoms with Crippen LogP contribution in [0.15, 0.2) is 66.7 Å². The maximum atomic E-state index is 13.0. The fourth-order valence-corrected chi connectivity index (χ4v) is 3.67. The lowest BCUT2D eigenvalue weighted by Crippen LogP contribution is -2.36. The van der Waals surface area contributed by atoms with Crippen molar-refractivity contribution in [3.8, 4) is 5.75 Å². The number of hydrogen-bond acceptors (Lipinski definition) is 4. The molecule has 1 saturated heterocycles. The van der Waals surface area contributed by atoms with Gasteiger partial charge in [-0.25, -0.2) is 4.39 Å². The maximum absolute atomic E-state index is 13.0. The molecule has 4 rings (SSSR count). The van der Waals surface area contributed by atoms with Gasteiger partial charge in [0.2, 0.25) is 11.8 Å². The summed E-state index contributed by atoms with van der Waals surface area (Å²) < 4.78 is 18.8. The van der Waals surface area contributed by atoms with Crippen molar-refractivity contribution in [1.29, 1.82) is 0 Å². The molecule has 33 heavy (non-hydrogen) atoms. The summed E-state index contributed by atoms with van der Waals surface area (Å²) in [4.78, 5) is 26.8. The Morgan fingerprint density at radius 1 is 1.06 bits per heavy atom. The van der Waals surface area contributed by atoms with Crippen LogP contribution in [0.25, 0.3) is 0 Å². The number of nitrogens with zero attached hydrogens (tertiary/aromatic N) is 1. The highest BCUT2D eigenvalue weighted by molar-refractivity contribution is 6.00. The van der Waals surface area contributed by atoms with Crippen molar-refractivity contribution in [2.24, 2.45) is 5.92 Å². The molecule has 2 N–H and O–H groups in total. The molecule has 1 aliphatic rings. The number of anilines is 2. The number of carbonyl (C=O) groups excluding carboxylic acids is 2. The number of aryl methyl sites for hydroxylation is 2. The Hall–Kier alpha value is -3.87. The number of benzene rings is 3. The lowest BCUT2D eigenvalue weighted by molar-refractivity contribution is -0.125. The molecule has 7 heteroatoms. The van der Waals surface area contributed by atoms with Crippen molar-refractivity contribution >= 4 is 23.2 Å². The highest BCUT2D eigenvalue weighted by Gasteiger charge is 2.35. The Kier molecular flexibility index (Phi) is 6.58. The van der Waals surface area contributed by atoms with Crippen molar-refractivity contribution in [2.45, 2.75) is 26.9 Å². The van der Waals surface area contributed by atoms with Crippen LogP contribution in [0.1, 0.15) is 23.1 Å². The molecule has 0 unspecified atom stereocenters. The van der Waals surface area contributed by atoms with E-state index in [1.807, 2.05) is 32.0 Å². The molecule has 3 aromatic carbocycles. The molecule has 170 valence electrons. The number of carbonyl (C=O) groups is 2. The van der Waals surface area contributed by atoms with E-state index >= 15 is 0 Å². The van der Waals surface area contributed by atoms with Gasteiger partial charge < -0.3 is 9.64 Å². The molecule has 0 aliphatic carbocycles. The molecule has 1 heterocycles. The average Bonchev–Trinajstić information content (AvgIpc) is 3.21. The minimum atomic E-state index is -0.440. The Bertz CT molecular complexity index is 1160. The first-order chi connectivity index (χ1) is 15.9. The third-order valence-corrected chi connectivity index (χ3v) is 5.78. The number of hydrogen-bond donors (Lipinski definition) is 2. The molecular weight excluding hydrogens is 421 g/mol. The summed E-state index contributed by atoms with van der Waals surface area (Å²) in [7, 11) is 0. The topological polar surface area (TPSA) is 70.7 Å². The second-order valence-corrected chi connectivity index (χ2v) is 8.23. The lowest BCUT2D eigenvalue weighted by Gasteiger charge is -2.18. The van der Waals surface area contributed by atoms with Gasteiger partial charge in [-0.05, 0) is 66.9 Å². The molecule has 3 aromatic rings. The minimum absolute atomic E-state index is 0.0606. The molecule has 0 aromatic heterocycles. The molecule has 0 bridgehead atoms. The summed E-state index contributed by atoms with van der Waals surface area (Å²) >= 11 is 0. The molecule has 0 radical (unpaired) electrons. The van der Waals surface area contributed by atoms with E-state index in [0.717, 1.165) is 22.4 Å². The van der Waals surface area contributed by atoms with E-state index < -0.39 is 5.92 Å². The molecule has 0 saturated carbocycles. The van der Waals surface area contributed by atoms with Crippen LogP contribution in [-0.2, 0) is 16.2 Å². The van der Waals surface area contributed by atoms with Crippen molar-refractivity contribution in [3.05, 3.63) is 89.2 Å². The highest BCUT2D eigenvalue weighted by atomic mass is 19.1. The summed E-state index contributed by atoms with van der Waals surface area (Å²) in [5, 5.41) is 0. The van der Waals surface area contributed by atoms with Crippen molar-refractivity contribution in [2.75, 3.05) is 16.9 Å². The van der Waals surface area contributed by atoms with Gasteiger partial charge in [-0.15, -0.1) is 0 Å². The van der Waals surface area contributed by atoms with Gasteiger partial charge in [-0.3, -0.25) is 20.4 Å².